The Hall–Kier alpha value is -2.77. The van der Waals surface area contributed by atoms with E-state index in [1.54, 1.807) is 24.3 Å². The quantitative estimate of drug-likeness (QED) is 0.384. The van der Waals surface area contributed by atoms with Crippen molar-refractivity contribution in [2.75, 3.05) is 5.32 Å². The molecule has 1 saturated carbocycles. The van der Waals surface area contributed by atoms with Crippen LogP contribution in [0, 0.1) is 15.5 Å². The van der Waals surface area contributed by atoms with Crippen LogP contribution in [0.5, 0.6) is 0 Å². The number of hydrogen-bond acceptors (Lipinski definition) is 5. The zero-order chi connectivity index (χ0) is 23.1. The molecule has 2 unspecified atom stereocenters. The van der Waals surface area contributed by atoms with Crippen molar-refractivity contribution < 1.29 is 9.72 Å². The molecule has 9 heteroatoms. The first-order valence-corrected chi connectivity index (χ1v) is 11.0. The molecule has 32 heavy (non-hydrogen) atoms. The van der Waals surface area contributed by atoms with Gasteiger partial charge in [0.2, 0.25) is 5.91 Å². The third kappa shape index (κ3) is 2.58. The van der Waals surface area contributed by atoms with E-state index in [0.717, 1.165) is 12.1 Å². The number of nitro groups is 1. The number of aromatic nitrogens is 2. The molecule has 1 aromatic heterocycles. The molecule has 2 aliphatic rings. The summed E-state index contributed by atoms with van der Waals surface area (Å²) in [7, 11) is 0. The minimum absolute atomic E-state index is 0.0625. The van der Waals surface area contributed by atoms with E-state index < -0.39 is 15.8 Å². The van der Waals surface area contributed by atoms with Gasteiger partial charge in [-0.15, -0.1) is 0 Å². The van der Waals surface area contributed by atoms with Crippen LogP contribution in [0.3, 0.4) is 0 Å². The molecule has 7 nitrogen and oxygen atoms in total. The van der Waals surface area contributed by atoms with E-state index in [1.807, 2.05) is 0 Å². The maximum atomic E-state index is 13.9. The van der Waals surface area contributed by atoms with Crippen LogP contribution in [-0.2, 0) is 15.6 Å². The minimum Gasteiger partial charge on any atom is -0.325 e. The number of nitro benzene ring substituents is 1. The molecule has 0 aliphatic heterocycles. The minimum atomic E-state index is -0.947. The Kier molecular flexibility index (Phi) is 4.36. The zero-order valence-corrected chi connectivity index (χ0v) is 19.2. The highest BCUT2D eigenvalue weighted by Gasteiger charge is 2.73. The van der Waals surface area contributed by atoms with E-state index in [4.69, 9.17) is 33.2 Å². The molecule has 5 rings (SSSR count). The van der Waals surface area contributed by atoms with Crippen molar-refractivity contribution in [1.82, 2.24) is 9.97 Å². The number of carbonyl (C=O) groups excluding carboxylic acids is 1. The number of non-ortho nitro benzene ring substituents is 1. The summed E-state index contributed by atoms with van der Waals surface area (Å²) in [5.74, 6) is -0.206. The molecule has 2 bridgehead atoms. The fourth-order valence-corrected chi connectivity index (χ4v) is 6.10. The van der Waals surface area contributed by atoms with Gasteiger partial charge in [-0.25, -0.2) is 9.97 Å². The number of nitrogens with one attached hydrogen (secondary N) is 1. The lowest BCUT2D eigenvalue weighted by Gasteiger charge is -2.39. The van der Waals surface area contributed by atoms with E-state index in [1.165, 1.54) is 12.1 Å². The molecule has 2 aliphatic carbocycles. The number of amides is 1. The Morgan fingerprint density at radius 1 is 1.00 bits per heavy atom. The van der Waals surface area contributed by atoms with Crippen LogP contribution in [0.4, 0.5) is 11.4 Å². The zero-order valence-electron chi connectivity index (χ0n) is 17.7. The predicted octanol–water partition coefficient (Wildman–Crippen LogP) is 5.81. The van der Waals surface area contributed by atoms with Crippen molar-refractivity contribution in [2.45, 2.75) is 44.4 Å². The molecule has 0 saturated heterocycles. The number of nitrogens with zero attached hydrogens (tertiary/aromatic N) is 3. The van der Waals surface area contributed by atoms with Gasteiger partial charge < -0.3 is 5.32 Å². The summed E-state index contributed by atoms with van der Waals surface area (Å²) in [6.45, 7) is 6.26. The highest BCUT2D eigenvalue weighted by molar-refractivity contribution is 6.35. The number of anilines is 1. The van der Waals surface area contributed by atoms with E-state index in [2.05, 4.69) is 26.1 Å². The molecule has 0 radical (unpaired) electrons. The van der Waals surface area contributed by atoms with E-state index in [9.17, 15) is 14.9 Å². The second kappa shape index (κ2) is 6.62. The van der Waals surface area contributed by atoms with Gasteiger partial charge >= 0.3 is 0 Å². The summed E-state index contributed by atoms with van der Waals surface area (Å²) in [6.07, 6.45) is 1.38. The average Bonchev–Trinajstić information content (AvgIpc) is 3.00. The van der Waals surface area contributed by atoms with Crippen molar-refractivity contribution >= 4 is 51.5 Å². The van der Waals surface area contributed by atoms with Gasteiger partial charge in [-0.2, -0.15) is 0 Å². The Labute approximate surface area is 194 Å². The van der Waals surface area contributed by atoms with Gasteiger partial charge in [0, 0.05) is 33.3 Å². The van der Waals surface area contributed by atoms with E-state index in [0.29, 0.717) is 38.9 Å². The summed E-state index contributed by atoms with van der Waals surface area (Å²) in [5.41, 5.74) is 1.00. The summed E-state index contributed by atoms with van der Waals surface area (Å²) < 4.78 is 0. The molecular formula is C23H20Cl2N4O3. The van der Waals surface area contributed by atoms with Crippen molar-refractivity contribution in [1.29, 1.82) is 0 Å². The third-order valence-corrected chi connectivity index (χ3v) is 8.18. The number of hydrogen-bond donors (Lipinski definition) is 1. The van der Waals surface area contributed by atoms with Crippen LogP contribution in [0.2, 0.25) is 10.0 Å². The molecule has 164 valence electrons. The van der Waals surface area contributed by atoms with Crippen molar-refractivity contribution in [3.05, 3.63) is 67.9 Å². The average molecular weight is 471 g/mol. The van der Waals surface area contributed by atoms with Crippen molar-refractivity contribution in [3.63, 3.8) is 0 Å². The topological polar surface area (TPSA) is 98.0 Å². The Balaban J connectivity index is 1.70. The van der Waals surface area contributed by atoms with Crippen LogP contribution < -0.4 is 5.32 Å². The lowest BCUT2D eigenvalue weighted by Crippen LogP contribution is -2.48. The number of fused-ring (bicyclic) bond motifs is 6. The molecule has 3 aromatic rings. The van der Waals surface area contributed by atoms with Crippen LogP contribution in [-0.4, -0.2) is 20.8 Å². The lowest BCUT2D eigenvalue weighted by molar-refractivity contribution is -0.384. The van der Waals surface area contributed by atoms with Gasteiger partial charge in [0.05, 0.1) is 32.8 Å². The predicted molar refractivity (Wildman–Crippen MR) is 123 cm³/mol. The van der Waals surface area contributed by atoms with E-state index >= 15 is 0 Å². The summed E-state index contributed by atoms with van der Waals surface area (Å²) in [6, 6.07) is 9.34. The van der Waals surface area contributed by atoms with E-state index in [-0.39, 0.29) is 17.0 Å². The van der Waals surface area contributed by atoms with Crippen LogP contribution in [0.1, 0.15) is 45.0 Å². The highest BCUT2D eigenvalue weighted by Crippen LogP contribution is 2.70. The largest absolute Gasteiger partial charge is 0.325 e. The Morgan fingerprint density at radius 2 is 1.66 bits per heavy atom. The van der Waals surface area contributed by atoms with Crippen LogP contribution in [0.25, 0.3) is 11.0 Å². The second-order valence-corrected chi connectivity index (χ2v) is 10.2. The molecular weight excluding hydrogens is 451 g/mol. The third-order valence-electron chi connectivity index (χ3n) is 7.74. The number of rotatable bonds is 3. The molecule has 1 heterocycles. The maximum absolute atomic E-state index is 13.9. The molecule has 1 N–H and O–H groups in total. The second-order valence-electron chi connectivity index (χ2n) is 9.33. The lowest BCUT2D eigenvalue weighted by atomic mass is 9.63. The van der Waals surface area contributed by atoms with Crippen LogP contribution >= 0.6 is 23.2 Å². The van der Waals surface area contributed by atoms with Crippen molar-refractivity contribution in [2.24, 2.45) is 5.41 Å². The number of benzene rings is 2. The summed E-state index contributed by atoms with van der Waals surface area (Å²) in [5, 5.41) is 15.1. The number of halogens is 2. The fraction of sp³-hybridized carbons (Fsp3) is 0.348. The smallest absolute Gasteiger partial charge is 0.271 e. The summed E-state index contributed by atoms with van der Waals surface area (Å²) in [4.78, 5) is 34.3. The SMILES string of the molecule is CC12CCC(C(=O)Nc3cc(Cl)cc(Cl)c3)(c3nc4cc([N+](=O)[O-])ccc4nc31)C2(C)C. The molecule has 1 amide bonds. The molecule has 0 spiro atoms. The Bertz CT molecular complexity index is 1320. The first-order chi connectivity index (χ1) is 15.0. The van der Waals surface area contributed by atoms with Gasteiger partial charge in [-0.05, 0) is 42.5 Å². The van der Waals surface area contributed by atoms with Crippen LogP contribution in [0.15, 0.2) is 36.4 Å². The fourth-order valence-electron chi connectivity index (χ4n) is 5.57. The standard InChI is InChI=1S/C23H20Cl2N4O3/c1-21(2)22(3)6-7-23(21,20(30)26-14-9-12(24)8-13(25)10-14)19-18(22)27-16-5-4-15(29(31)32)11-17(16)28-19/h4-5,8-11H,6-7H2,1-3H3,(H,26,30). The van der Waals surface area contributed by atoms with Crippen molar-refractivity contribution in [3.8, 4) is 0 Å². The molecule has 2 aromatic carbocycles. The Morgan fingerprint density at radius 3 is 2.31 bits per heavy atom. The molecule has 1 fully saturated rings. The number of carbonyl (C=O) groups is 1. The van der Waals surface area contributed by atoms with Gasteiger partial charge in [0.25, 0.3) is 5.69 Å². The first kappa shape index (κ1) is 21.1. The summed E-state index contributed by atoms with van der Waals surface area (Å²) >= 11 is 12.2. The normalized spacial score (nSPS) is 25.0. The first-order valence-electron chi connectivity index (χ1n) is 10.2. The van der Waals surface area contributed by atoms with Gasteiger partial charge in [0.1, 0.15) is 0 Å². The monoisotopic (exact) mass is 470 g/mol. The van der Waals surface area contributed by atoms with Gasteiger partial charge in [-0.1, -0.05) is 44.0 Å². The maximum Gasteiger partial charge on any atom is 0.271 e. The highest BCUT2D eigenvalue weighted by atomic mass is 35.5. The molecule has 2 atom stereocenters. The van der Waals surface area contributed by atoms with Gasteiger partial charge in [-0.3, -0.25) is 14.9 Å². The van der Waals surface area contributed by atoms with Gasteiger partial charge in [0.15, 0.2) is 0 Å².